The number of aromatic nitrogens is 1. The minimum atomic E-state index is 0.235. The summed E-state index contributed by atoms with van der Waals surface area (Å²) in [6.45, 7) is 6.19. The van der Waals surface area contributed by atoms with Gasteiger partial charge in [-0.05, 0) is 38.9 Å². The number of hydrogen-bond donors (Lipinski definition) is 2. The van der Waals surface area contributed by atoms with Gasteiger partial charge in [0, 0.05) is 35.7 Å². The second kappa shape index (κ2) is 5.55. The first-order chi connectivity index (χ1) is 8.58. The van der Waals surface area contributed by atoms with Crippen LogP contribution in [0.4, 0.5) is 0 Å². The number of H-pyrrole nitrogens is 1. The third-order valence-corrected chi connectivity index (χ3v) is 3.37. The van der Waals surface area contributed by atoms with Gasteiger partial charge >= 0.3 is 0 Å². The quantitative estimate of drug-likeness (QED) is 0.849. The van der Waals surface area contributed by atoms with E-state index in [4.69, 9.17) is 5.73 Å². The van der Waals surface area contributed by atoms with E-state index in [-0.39, 0.29) is 6.04 Å². The van der Waals surface area contributed by atoms with Gasteiger partial charge in [-0.1, -0.05) is 18.2 Å². The second-order valence-corrected chi connectivity index (χ2v) is 5.26. The molecule has 0 aliphatic heterocycles. The Balaban J connectivity index is 2.09. The minimum absolute atomic E-state index is 0.235. The van der Waals surface area contributed by atoms with Crippen molar-refractivity contribution < 1.29 is 0 Å². The summed E-state index contributed by atoms with van der Waals surface area (Å²) in [6, 6.07) is 8.74. The van der Waals surface area contributed by atoms with Crippen LogP contribution in [0.2, 0.25) is 0 Å². The minimum Gasteiger partial charge on any atom is -0.358 e. The smallest absolute Gasteiger partial charge is 0.0458 e. The Morgan fingerprint density at radius 3 is 2.78 bits per heavy atom. The number of rotatable bonds is 5. The van der Waals surface area contributed by atoms with Gasteiger partial charge in [0.25, 0.3) is 0 Å². The zero-order chi connectivity index (χ0) is 13.1. The number of nitrogens with zero attached hydrogens (tertiary/aromatic N) is 1. The normalized spacial score (nSPS) is 13.4. The molecule has 3 N–H and O–H groups in total. The molecule has 2 rings (SSSR count). The fourth-order valence-electron chi connectivity index (χ4n) is 2.54. The van der Waals surface area contributed by atoms with E-state index in [0.29, 0.717) is 0 Å². The highest BCUT2D eigenvalue weighted by atomic mass is 15.1. The SMILES string of the molecule is Cc1[nH]c2ccccc2c1CCN(C)CC(C)N. The molecule has 3 heteroatoms. The highest BCUT2D eigenvalue weighted by molar-refractivity contribution is 5.84. The number of nitrogens with one attached hydrogen (secondary N) is 1. The maximum Gasteiger partial charge on any atom is 0.0458 e. The average Bonchev–Trinajstić information content (AvgIpc) is 2.61. The van der Waals surface area contributed by atoms with Crippen molar-refractivity contribution in [3.8, 4) is 0 Å². The number of likely N-dealkylation sites (N-methyl/N-ethyl adjacent to an activating group) is 1. The van der Waals surface area contributed by atoms with Crippen LogP contribution in [0.5, 0.6) is 0 Å². The molecule has 0 radical (unpaired) electrons. The van der Waals surface area contributed by atoms with Crippen molar-refractivity contribution in [2.75, 3.05) is 20.1 Å². The lowest BCUT2D eigenvalue weighted by molar-refractivity contribution is 0.321. The molecule has 0 fully saturated rings. The molecule has 1 aromatic carbocycles. The molecular formula is C15H23N3. The van der Waals surface area contributed by atoms with Crippen LogP contribution in [0.3, 0.4) is 0 Å². The van der Waals surface area contributed by atoms with E-state index in [1.54, 1.807) is 0 Å². The third kappa shape index (κ3) is 2.92. The fourth-order valence-corrected chi connectivity index (χ4v) is 2.54. The van der Waals surface area contributed by atoms with E-state index >= 15 is 0 Å². The monoisotopic (exact) mass is 245 g/mol. The Labute approximate surface area is 109 Å². The predicted octanol–water partition coefficient (Wildman–Crippen LogP) is 2.30. The lowest BCUT2D eigenvalue weighted by Crippen LogP contribution is -2.34. The summed E-state index contributed by atoms with van der Waals surface area (Å²) in [6.07, 6.45) is 1.07. The number of nitrogens with two attached hydrogens (primary N) is 1. The van der Waals surface area contributed by atoms with Crippen LogP contribution in [0.1, 0.15) is 18.2 Å². The van der Waals surface area contributed by atoms with Crippen molar-refractivity contribution in [2.24, 2.45) is 5.73 Å². The van der Waals surface area contributed by atoms with Crippen molar-refractivity contribution in [1.29, 1.82) is 0 Å². The van der Waals surface area contributed by atoms with Crippen molar-refractivity contribution in [1.82, 2.24) is 9.88 Å². The Kier molecular flexibility index (Phi) is 4.04. The van der Waals surface area contributed by atoms with E-state index in [1.807, 2.05) is 6.92 Å². The zero-order valence-electron chi connectivity index (χ0n) is 11.5. The highest BCUT2D eigenvalue weighted by Gasteiger charge is 2.09. The second-order valence-electron chi connectivity index (χ2n) is 5.26. The van der Waals surface area contributed by atoms with Crippen LogP contribution < -0.4 is 5.73 Å². The number of aryl methyl sites for hydroxylation is 1. The van der Waals surface area contributed by atoms with Crippen LogP contribution in [0.15, 0.2) is 24.3 Å². The first kappa shape index (κ1) is 13.1. The summed E-state index contributed by atoms with van der Waals surface area (Å²) in [5, 5.41) is 1.35. The van der Waals surface area contributed by atoms with Gasteiger partial charge in [0.15, 0.2) is 0 Å². The van der Waals surface area contributed by atoms with Gasteiger partial charge in [0.05, 0.1) is 0 Å². The first-order valence-electron chi connectivity index (χ1n) is 6.58. The molecule has 98 valence electrons. The van der Waals surface area contributed by atoms with Gasteiger partial charge in [-0.3, -0.25) is 0 Å². The molecule has 1 atom stereocenters. The molecule has 0 amide bonds. The Morgan fingerprint density at radius 1 is 1.33 bits per heavy atom. The Hall–Kier alpha value is -1.32. The summed E-state index contributed by atoms with van der Waals surface area (Å²) in [7, 11) is 2.13. The highest BCUT2D eigenvalue weighted by Crippen LogP contribution is 2.22. The molecule has 0 spiro atoms. The standard InChI is InChI=1S/C15H23N3/c1-11(16)10-18(3)9-8-13-12(2)17-15-7-5-4-6-14(13)15/h4-7,11,17H,8-10,16H2,1-3H3. The molecule has 0 aliphatic rings. The maximum absolute atomic E-state index is 5.81. The molecule has 2 aromatic rings. The molecular weight excluding hydrogens is 222 g/mol. The zero-order valence-corrected chi connectivity index (χ0v) is 11.5. The van der Waals surface area contributed by atoms with Crippen LogP contribution in [0, 0.1) is 6.92 Å². The van der Waals surface area contributed by atoms with Gasteiger partial charge in [-0.25, -0.2) is 0 Å². The van der Waals surface area contributed by atoms with Crippen LogP contribution >= 0.6 is 0 Å². The lowest BCUT2D eigenvalue weighted by atomic mass is 10.1. The topological polar surface area (TPSA) is 45.0 Å². The van der Waals surface area contributed by atoms with Gasteiger partial charge < -0.3 is 15.6 Å². The van der Waals surface area contributed by atoms with E-state index in [1.165, 1.54) is 22.2 Å². The van der Waals surface area contributed by atoms with Crippen molar-refractivity contribution in [3.05, 3.63) is 35.5 Å². The molecule has 1 unspecified atom stereocenters. The van der Waals surface area contributed by atoms with Crippen LogP contribution in [-0.2, 0) is 6.42 Å². The largest absolute Gasteiger partial charge is 0.358 e. The summed E-state index contributed by atoms with van der Waals surface area (Å²) in [5.74, 6) is 0. The number of benzene rings is 1. The van der Waals surface area contributed by atoms with E-state index in [2.05, 4.69) is 48.1 Å². The van der Waals surface area contributed by atoms with Crippen molar-refractivity contribution in [2.45, 2.75) is 26.3 Å². The third-order valence-electron chi connectivity index (χ3n) is 3.37. The predicted molar refractivity (Wildman–Crippen MR) is 77.9 cm³/mol. The number of para-hydroxylation sites is 1. The Morgan fingerprint density at radius 2 is 2.06 bits per heavy atom. The van der Waals surface area contributed by atoms with E-state index in [0.717, 1.165) is 19.5 Å². The Bertz CT molecular complexity index is 513. The molecule has 3 nitrogen and oxygen atoms in total. The van der Waals surface area contributed by atoms with E-state index < -0.39 is 0 Å². The first-order valence-corrected chi connectivity index (χ1v) is 6.58. The number of hydrogen-bond acceptors (Lipinski definition) is 2. The summed E-state index contributed by atoms with van der Waals surface area (Å²) < 4.78 is 0. The molecule has 0 saturated heterocycles. The fraction of sp³-hybridized carbons (Fsp3) is 0.467. The van der Waals surface area contributed by atoms with Gasteiger partial charge in [-0.2, -0.15) is 0 Å². The van der Waals surface area contributed by atoms with Gasteiger partial charge in [0.2, 0.25) is 0 Å². The lowest BCUT2D eigenvalue weighted by Gasteiger charge is -2.18. The molecule has 0 aliphatic carbocycles. The van der Waals surface area contributed by atoms with Gasteiger partial charge in [-0.15, -0.1) is 0 Å². The number of aromatic amines is 1. The molecule has 1 heterocycles. The maximum atomic E-state index is 5.81. The van der Waals surface area contributed by atoms with E-state index in [9.17, 15) is 0 Å². The van der Waals surface area contributed by atoms with Crippen molar-refractivity contribution in [3.63, 3.8) is 0 Å². The molecule has 1 aromatic heterocycles. The number of fused-ring (bicyclic) bond motifs is 1. The average molecular weight is 245 g/mol. The molecule has 0 bridgehead atoms. The van der Waals surface area contributed by atoms with Crippen molar-refractivity contribution >= 4 is 10.9 Å². The van der Waals surface area contributed by atoms with Crippen LogP contribution in [-0.4, -0.2) is 36.1 Å². The van der Waals surface area contributed by atoms with Gasteiger partial charge in [0.1, 0.15) is 0 Å². The molecule has 0 saturated carbocycles. The molecule has 18 heavy (non-hydrogen) atoms. The summed E-state index contributed by atoms with van der Waals surface area (Å²) >= 11 is 0. The van der Waals surface area contributed by atoms with Crippen LogP contribution in [0.25, 0.3) is 10.9 Å². The summed E-state index contributed by atoms with van der Waals surface area (Å²) in [4.78, 5) is 5.75. The summed E-state index contributed by atoms with van der Waals surface area (Å²) in [5.41, 5.74) is 9.77.